The van der Waals surface area contributed by atoms with Crippen molar-refractivity contribution in [3.8, 4) is 5.75 Å². The maximum absolute atomic E-state index is 5.22. The summed E-state index contributed by atoms with van der Waals surface area (Å²) in [4.78, 5) is 0. The van der Waals surface area contributed by atoms with Gasteiger partial charge in [0.2, 0.25) is 0 Å². The van der Waals surface area contributed by atoms with Gasteiger partial charge in [0.15, 0.2) is 0 Å². The van der Waals surface area contributed by atoms with Crippen LogP contribution >= 0.6 is 0 Å². The fraction of sp³-hybridized carbons (Fsp3) is 0.400. The summed E-state index contributed by atoms with van der Waals surface area (Å²) < 4.78 is 5.22. The number of para-hydroxylation sites is 1. The van der Waals surface area contributed by atoms with Gasteiger partial charge in [-0.25, -0.2) is 0 Å². The van der Waals surface area contributed by atoms with E-state index in [1.165, 1.54) is 5.56 Å². The van der Waals surface area contributed by atoms with Crippen molar-refractivity contribution in [2.75, 3.05) is 13.7 Å². The molecular formula is C10H16NO+. The van der Waals surface area contributed by atoms with Crippen molar-refractivity contribution in [1.82, 2.24) is 0 Å². The fourth-order valence-electron chi connectivity index (χ4n) is 1.22. The summed E-state index contributed by atoms with van der Waals surface area (Å²) >= 11 is 0. The summed E-state index contributed by atoms with van der Waals surface area (Å²) in [6.07, 6.45) is 2.19. The van der Waals surface area contributed by atoms with Gasteiger partial charge in [0, 0.05) is 6.42 Å². The van der Waals surface area contributed by atoms with E-state index in [9.17, 15) is 0 Å². The molecule has 0 aliphatic carbocycles. The largest absolute Gasteiger partial charge is 0.496 e. The fourth-order valence-corrected chi connectivity index (χ4v) is 1.22. The Balaban J connectivity index is 2.68. The molecule has 0 amide bonds. The lowest BCUT2D eigenvalue weighted by Crippen LogP contribution is -2.50. The number of hydrogen-bond acceptors (Lipinski definition) is 1. The first-order chi connectivity index (χ1) is 5.88. The molecule has 0 aliphatic heterocycles. The molecule has 2 heteroatoms. The lowest BCUT2D eigenvalue weighted by molar-refractivity contribution is -0.368. The Labute approximate surface area is 73.3 Å². The maximum atomic E-state index is 5.22. The second-order valence-electron chi connectivity index (χ2n) is 2.77. The summed E-state index contributed by atoms with van der Waals surface area (Å²) in [6.45, 7) is 0.984. The van der Waals surface area contributed by atoms with Gasteiger partial charge in [-0.05, 0) is 18.1 Å². The summed E-state index contributed by atoms with van der Waals surface area (Å²) in [6, 6.07) is 8.14. The molecule has 0 aliphatic rings. The Morgan fingerprint density at radius 1 is 1.33 bits per heavy atom. The topological polar surface area (TPSA) is 36.9 Å². The zero-order valence-electron chi connectivity index (χ0n) is 7.55. The van der Waals surface area contributed by atoms with Crippen LogP contribution in [0.25, 0.3) is 0 Å². The minimum absolute atomic E-state index is 0.984. The third-order valence-electron chi connectivity index (χ3n) is 1.89. The van der Waals surface area contributed by atoms with Gasteiger partial charge in [-0.2, -0.15) is 0 Å². The van der Waals surface area contributed by atoms with Crippen LogP contribution in [-0.2, 0) is 6.42 Å². The van der Waals surface area contributed by atoms with Gasteiger partial charge < -0.3 is 10.5 Å². The summed E-state index contributed by atoms with van der Waals surface area (Å²) in [5.41, 5.74) is 5.10. The zero-order chi connectivity index (χ0) is 8.81. The first-order valence-electron chi connectivity index (χ1n) is 4.29. The predicted molar refractivity (Wildman–Crippen MR) is 49.1 cm³/mol. The van der Waals surface area contributed by atoms with Crippen LogP contribution in [0.4, 0.5) is 0 Å². The monoisotopic (exact) mass is 166 g/mol. The first-order valence-corrected chi connectivity index (χ1v) is 4.29. The SMILES string of the molecule is COc1ccccc1CCC[NH3+]. The van der Waals surface area contributed by atoms with Crippen molar-refractivity contribution in [3.63, 3.8) is 0 Å². The highest BCUT2D eigenvalue weighted by molar-refractivity contribution is 5.33. The highest BCUT2D eigenvalue weighted by Crippen LogP contribution is 2.18. The van der Waals surface area contributed by atoms with Crippen LogP contribution in [0.1, 0.15) is 12.0 Å². The van der Waals surface area contributed by atoms with E-state index in [-0.39, 0.29) is 0 Å². The van der Waals surface area contributed by atoms with Gasteiger partial charge in [0.25, 0.3) is 0 Å². The highest BCUT2D eigenvalue weighted by Gasteiger charge is 1.99. The number of hydrogen-bond donors (Lipinski definition) is 1. The number of ether oxygens (including phenoxy) is 1. The van der Waals surface area contributed by atoms with E-state index in [1.54, 1.807) is 7.11 Å². The van der Waals surface area contributed by atoms with Gasteiger partial charge in [-0.1, -0.05) is 18.2 Å². The van der Waals surface area contributed by atoms with Crippen LogP contribution in [-0.4, -0.2) is 13.7 Å². The van der Waals surface area contributed by atoms with Crippen molar-refractivity contribution in [3.05, 3.63) is 29.8 Å². The number of benzene rings is 1. The van der Waals surface area contributed by atoms with E-state index in [1.807, 2.05) is 18.2 Å². The second kappa shape index (κ2) is 4.78. The second-order valence-corrected chi connectivity index (χ2v) is 2.77. The molecule has 0 saturated heterocycles. The third kappa shape index (κ3) is 2.24. The van der Waals surface area contributed by atoms with Gasteiger partial charge in [-0.15, -0.1) is 0 Å². The van der Waals surface area contributed by atoms with E-state index in [0.29, 0.717) is 0 Å². The molecule has 1 aromatic rings. The van der Waals surface area contributed by atoms with Crippen molar-refractivity contribution in [1.29, 1.82) is 0 Å². The Morgan fingerprint density at radius 3 is 2.75 bits per heavy atom. The van der Waals surface area contributed by atoms with Crippen LogP contribution in [0.15, 0.2) is 24.3 Å². The average molecular weight is 166 g/mol. The third-order valence-corrected chi connectivity index (χ3v) is 1.89. The van der Waals surface area contributed by atoms with Gasteiger partial charge >= 0.3 is 0 Å². The minimum atomic E-state index is 0.984. The lowest BCUT2D eigenvalue weighted by Gasteiger charge is -2.05. The molecule has 2 nitrogen and oxygen atoms in total. The molecule has 0 saturated carbocycles. The predicted octanol–water partition coefficient (Wildman–Crippen LogP) is 0.870. The molecule has 3 N–H and O–H groups in total. The normalized spacial score (nSPS) is 9.83. The van der Waals surface area contributed by atoms with Crippen LogP contribution in [0, 0.1) is 0 Å². The molecule has 12 heavy (non-hydrogen) atoms. The quantitative estimate of drug-likeness (QED) is 0.708. The molecule has 0 spiro atoms. The molecule has 0 fully saturated rings. The van der Waals surface area contributed by atoms with E-state index >= 15 is 0 Å². The van der Waals surface area contributed by atoms with Crippen molar-refractivity contribution in [2.24, 2.45) is 0 Å². The van der Waals surface area contributed by atoms with Crippen LogP contribution in [0.3, 0.4) is 0 Å². The lowest BCUT2D eigenvalue weighted by atomic mass is 10.1. The maximum Gasteiger partial charge on any atom is 0.122 e. The standard InChI is InChI=1S/C10H15NO/c1-12-10-7-3-2-5-9(10)6-4-8-11/h2-3,5,7H,4,6,8,11H2,1H3/p+1. The smallest absolute Gasteiger partial charge is 0.122 e. The number of quaternary nitrogens is 1. The van der Waals surface area contributed by atoms with E-state index in [2.05, 4.69) is 11.8 Å². The molecular weight excluding hydrogens is 150 g/mol. The van der Waals surface area contributed by atoms with Gasteiger partial charge in [-0.3, -0.25) is 0 Å². The van der Waals surface area contributed by atoms with Crippen molar-refractivity contribution < 1.29 is 10.5 Å². The van der Waals surface area contributed by atoms with Gasteiger partial charge in [0.1, 0.15) is 5.75 Å². The van der Waals surface area contributed by atoms with Crippen LogP contribution < -0.4 is 10.5 Å². The summed E-state index contributed by atoms with van der Waals surface area (Å²) in [7, 11) is 1.71. The van der Waals surface area contributed by atoms with Crippen molar-refractivity contribution >= 4 is 0 Å². The molecule has 1 aromatic carbocycles. The van der Waals surface area contributed by atoms with E-state index in [0.717, 1.165) is 25.1 Å². The zero-order valence-corrected chi connectivity index (χ0v) is 7.55. The summed E-state index contributed by atoms with van der Waals surface area (Å²) in [5, 5.41) is 0. The highest BCUT2D eigenvalue weighted by atomic mass is 16.5. The Hall–Kier alpha value is -1.02. The molecule has 0 bridgehead atoms. The van der Waals surface area contributed by atoms with Crippen molar-refractivity contribution in [2.45, 2.75) is 12.8 Å². The van der Waals surface area contributed by atoms with E-state index < -0.39 is 0 Å². The number of aryl methyl sites for hydroxylation is 1. The number of methoxy groups -OCH3 is 1. The van der Waals surface area contributed by atoms with Gasteiger partial charge in [0.05, 0.1) is 13.7 Å². The minimum Gasteiger partial charge on any atom is -0.496 e. The molecule has 66 valence electrons. The molecule has 1 rings (SSSR count). The molecule has 0 radical (unpaired) electrons. The average Bonchev–Trinajstić information content (AvgIpc) is 2.15. The Bertz CT molecular complexity index is 235. The Kier molecular flexibility index (Phi) is 3.61. The van der Waals surface area contributed by atoms with Crippen LogP contribution in [0.5, 0.6) is 5.75 Å². The number of rotatable bonds is 4. The van der Waals surface area contributed by atoms with E-state index in [4.69, 9.17) is 4.74 Å². The van der Waals surface area contributed by atoms with Crippen LogP contribution in [0.2, 0.25) is 0 Å². The molecule has 0 aromatic heterocycles. The molecule has 0 unspecified atom stereocenters. The molecule has 0 atom stereocenters. The first kappa shape index (κ1) is 9.07. The summed E-state index contributed by atoms with van der Waals surface area (Å²) in [5.74, 6) is 0.992. The Morgan fingerprint density at radius 2 is 2.08 bits per heavy atom. The molecule has 0 heterocycles.